The predicted octanol–water partition coefficient (Wildman–Crippen LogP) is 3.14. The summed E-state index contributed by atoms with van der Waals surface area (Å²) < 4.78 is 12.3. The van der Waals surface area contributed by atoms with Crippen LogP contribution in [0.15, 0.2) is 56.9 Å². The van der Waals surface area contributed by atoms with E-state index in [1.807, 2.05) is 12.1 Å². The number of methoxy groups -OCH3 is 1. The monoisotopic (exact) mass is 456 g/mol. The molecule has 1 fully saturated rings. The van der Waals surface area contributed by atoms with Gasteiger partial charge in [-0.15, -0.1) is 0 Å². The first-order valence-corrected chi connectivity index (χ1v) is 10.8. The van der Waals surface area contributed by atoms with Gasteiger partial charge >= 0.3 is 0 Å². The molecule has 0 bridgehead atoms. The number of amides is 1. The van der Waals surface area contributed by atoms with Crippen LogP contribution in [0, 0.1) is 0 Å². The molecule has 0 aliphatic carbocycles. The van der Waals surface area contributed by atoms with E-state index in [0.29, 0.717) is 52.6 Å². The lowest BCUT2D eigenvalue weighted by atomic mass is 10.2. The van der Waals surface area contributed by atoms with Crippen molar-refractivity contribution in [1.82, 2.24) is 14.3 Å². The molecule has 1 aliphatic rings. The van der Waals surface area contributed by atoms with Crippen molar-refractivity contribution in [3.63, 3.8) is 0 Å². The van der Waals surface area contributed by atoms with E-state index in [2.05, 4.69) is 10.3 Å². The summed E-state index contributed by atoms with van der Waals surface area (Å²) in [6.07, 6.45) is 5.46. The lowest BCUT2D eigenvalue weighted by Crippen LogP contribution is -2.29. The fraction of sp³-hybridized carbons (Fsp3) is 0.238. The number of anilines is 1. The Bertz CT molecular complexity index is 1200. The van der Waals surface area contributed by atoms with Crippen LogP contribution in [0.5, 0.6) is 0 Å². The minimum absolute atomic E-state index is 0.222. The van der Waals surface area contributed by atoms with Gasteiger partial charge in [-0.3, -0.25) is 18.9 Å². The van der Waals surface area contributed by atoms with Crippen LogP contribution in [-0.2, 0) is 16.1 Å². The molecule has 3 aromatic rings. The molecule has 1 aliphatic heterocycles. The number of aromatic nitrogens is 2. The van der Waals surface area contributed by atoms with Crippen LogP contribution >= 0.6 is 24.0 Å². The molecule has 0 saturated carbocycles. The average molecular weight is 457 g/mol. The molecular formula is C21H20N4O4S2. The topological polar surface area (TPSA) is 89.1 Å². The molecule has 1 saturated heterocycles. The van der Waals surface area contributed by atoms with Crippen LogP contribution in [0.25, 0.3) is 11.7 Å². The predicted molar refractivity (Wildman–Crippen MR) is 124 cm³/mol. The minimum Gasteiger partial charge on any atom is -0.467 e. The number of rotatable bonds is 8. The minimum atomic E-state index is -0.280. The standard InChI is InChI=1S/C21H20N4O4S2/c1-28-10-5-9-25-20(27)16(31-21(25)30)12-15-18(22-13-14-6-4-11-29-14)23-17-7-2-3-8-24(17)19(15)26/h2-4,6-8,11-12,22H,5,9-10,13H2,1H3. The van der Waals surface area contributed by atoms with E-state index in [1.54, 1.807) is 43.8 Å². The number of pyridine rings is 1. The smallest absolute Gasteiger partial charge is 0.267 e. The normalized spacial score (nSPS) is 15.4. The molecule has 4 rings (SSSR count). The highest BCUT2D eigenvalue weighted by Crippen LogP contribution is 2.33. The van der Waals surface area contributed by atoms with Crippen LogP contribution in [0.2, 0.25) is 0 Å². The molecule has 0 aromatic carbocycles. The van der Waals surface area contributed by atoms with Crippen molar-refractivity contribution in [2.75, 3.05) is 25.6 Å². The van der Waals surface area contributed by atoms with Crippen molar-refractivity contribution < 1.29 is 13.9 Å². The van der Waals surface area contributed by atoms with Crippen molar-refractivity contribution in [3.8, 4) is 0 Å². The molecule has 1 amide bonds. The van der Waals surface area contributed by atoms with Crippen LogP contribution < -0.4 is 10.9 Å². The van der Waals surface area contributed by atoms with E-state index >= 15 is 0 Å². The first-order valence-electron chi connectivity index (χ1n) is 9.60. The maximum absolute atomic E-state index is 13.2. The first kappa shape index (κ1) is 21.3. The Hall–Kier alpha value is -2.95. The van der Waals surface area contributed by atoms with Gasteiger partial charge in [0.25, 0.3) is 11.5 Å². The molecule has 8 nitrogen and oxygen atoms in total. The Labute approximate surface area is 187 Å². The highest BCUT2D eigenvalue weighted by Gasteiger charge is 2.32. The molecule has 0 spiro atoms. The summed E-state index contributed by atoms with van der Waals surface area (Å²) in [5.74, 6) is 0.850. The van der Waals surface area contributed by atoms with E-state index in [9.17, 15) is 9.59 Å². The Morgan fingerprint density at radius 2 is 2.16 bits per heavy atom. The molecule has 0 radical (unpaired) electrons. The van der Waals surface area contributed by atoms with Gasteiger partial charge in [0.05, 0.1) is 23.3 Å². The number of thioether (sulfide) groups is 1. The summed E-state index contributed by atoms with van der Waals surface area (Å²) in [5, 5.41) is 3.16. The summed E-state index contributed by atoms with van der Waals surface area (Å²) in [7, 11) is 1.61. The van der Waals surface area contributed by atoms with E-state index in [4.69, 9.17) is 21.4 Å². The van der Waals surface area contributed by atoms with E-state index < -0.39 is 0 Å². The zero-order chi connectivity index (χ0) is 21.8. The number of fused-ring (bicyclic) bond motifs is 1. The van der Waals surface area contributed by atoms with Gasteiger partial charge in [0, 0.05) is 26.5 Å². The number of furan rings is 1. The molecule has 4 heterocycles. The van der Waals surface area contributed by atoms with Crippen molar-refractivity contribution in [3.05, 3.63) is 69.4 Å². The van der Waals surface area contributed by atoms with E-state index in [1.165, 1.54) is 21.1 Å². The van der Waals surface area contributed by atoms with Gasteiger partial charge in [-0.25, -0.2) is 4.98 Å². The van der Waals surface area contributed by atoms with Crippen molar-refractivity contribution in [2.45, 2.75) is 13.0 Å². The van der Waals surface area contributed by atoms with Crippen LogP contribution in [0.4, 0.5) is 5.82 Å². The van der Waals surface area contributed by atoms with E-state index in [0.717, 1.165) is 0 Å². The maximum Gasteiger partial charge on any atom is 0.267 e. The zero-order valence-electron chi connectivity index (χ0n) is 16.7. The second kappa shape index (κ2) is 9.46. The highest BCUT2D eigenvalue weighted by molar-refractivity contribution is 8.26. The summed E-state index contributed by atoms with van der Waals surface area (Å²) in [6, 6.07) is 8.92. The molecule has 3 aromatic heterocycles. The summed E-state index contributed by atoms with van der Waals surface area (Å²) in [4.78, 5) is 32.6. The van der Waals surface area contributed by atoms with Gasteiger partial charge < -0.3 is 14.5 Å². The average Bonchev–Trinajstić information content (AvgIpc) is 3.38. The number of carbonyl (C=O) groups is 1. The molecule has 160 valence electrons. The highest BCUT2D eigenvalue weighted by atomic mass is 32.2. The van der Waals surface area contributed by atoms with Crippen molar-refractivity contribution in [1.29, 1.82) is 0 Å². The Morgan fingerprint density at radius 3 is 2.94 bits per heavy atom. The third-order valence-corrected chi connectivity index (χ3v) is 6.04. The Balaban J connectivity index is 1.70. The van der Waals surface area contributed by atoms with E-state index in [-0.39, 0.29) is 17.0 Å². The van der Waals surface area contributed by atoms with Gasteiger partial charge in [-0.1, -0.05) is 30.0 Å². The van der Waals surface area contributed by atoms with Crippen molar-refractivity contribution in [2.24, 2.45) is 0 Å². The van der Waals surface area contributed by atoms with Crippen LogP contribution in [0.1, 0.15) is 17.7 Å². The number of ether oxygens (including phenoxy) is 1. The summed E-state index contributed by atoms with van der Waals surface area (Å²) in [6.45, 7) is 1.35. The third-order valence-electron chi connectivity index (χ3n) is 4.66. The SMILES string of the molecule is COCCCN1C(=O)C(=Cc2c(NCc3ccco3)nc3ccccn3c2=O)SC1=S. The summed E-state index contributed by atoms with van der Waals surface area (Å²) >= 11 is 6.55. The van der Waals surface area contributed by atoms with Crippen LogP contribution in [0.3, 0.4) is 0 Å². The second-order valence-corrected chi connectivity index (χ2v) is 8.40. The number of nitrogens with zero attached hydrogens (tertiary/aromatic N) is 3. The second-order valence-electron chi connectivity index (χ2n) is 6.72. The Kier molecular flexibility index (Phi) is 6.50. The molecule has 31 heavy (non-hydrogen) atoms. The summed E-state index contributed by atoms with van der Waals surface area (Å²) in [5.41, 5.74) is 0.503. The molecule has 1 N–H and O–H groups in total. The molecule has 0 atom stereocenters. The fourth-order valence-electron chi connectivity index (χ4n) is 3.14. The number of hydrogen-bond donors (Lipinski definition) is 1. The number of carbonyl (C=O) groups excluding carboxylic acids is 1. The number of thiocarbonyl (C=S) groups is 1. The third kappa shape index (κ3) is 4.55. The van der Waals surface area contributed by atoms with Gasteiger partial charge in [0.15, 0.2) is 0 Å². The van der Waals surface area contributed by atoms with Gasteiger partial charge in [0.2, 0.25) is 0 Å². The molecular weight excluding hydrogens is 436 g/mol. The van der Waals surface area contributed by atoms with Crippen LogP contribution in [-0.4, -0.2) is 44.8 Å². The lowest BCUT2D eigenvalue weighted by molar-refractivity contribution is -0.122. The largest absolute Gasteiger partial charge is 0.467 e. The van der Waals surface area contributed by atoms with Gasteiger partial charge in [-0.05, 0) is 36.8 Å². The van der Waals surface area contributed by atoms with Gasteiger partial charge in [-0.2, -0.15) is 0 Å². The lowest BCUT2D eigenvalue weighted by Gasteiger charge is -2.13. The zero-order valence-corrected chi connectivity index (χ0v) is 18.4. The molecule has 0 unspecified atom stereocenters. The maximum atomic E-state index is 13.2. The molecule has 10 heteroatoms. The number of nitrogens with one attached hydrogen (secondary N) is 1. The fourth-order valence-corrected chi connectivity index (χ4v) is 4.43. The van der Waals surface area contributed by atoms with Crippen molar-refractivity contribution >= 4 is 51.7 Å². The number of hydrogen-bond acceptors (Lipinski definition) is 8. The first-order chi connectivity index (χ1) is 15.1. The Morgan fingerprint density at radius 1 is 1.29 bits per heavy atom. The van der Waals surface area contributed by atoms with Gasteiger partial charge in [0.1, 0.15) is 21.5 Å². The quantitative estimate of drug-likeness (QED) is 0.314.